The van der Waals surface area contributed by atoms with Crippen LogP contribution in [0, 0.1) is 17.2 Å². The largest absolute Gasteiger partial charge is 0.339 e. The maximum atomic E-state index is 8.58. The summed E-state index contributed by atoms with van der Waals surface area (Å²) in [6.07, 6.45) is 6.25. The van der Waals surface area contributed by atoms with Crippen molar-refractivity contribution in [1.29, 1.82) is 5.26 Å². The van der Waals surface area contributed by atoms with Gasteiger partial charge >= 0.3 is 0 Å². The third kappa shape index (κ3) is 2.90. The van der Waals surface area contributed by atoms with E-state index in [1.165, 1.54) is 25.7 Å². The van der Waals surface area contributed by atoms with Crippen LogP contribution in [0.15, 0.2) is 4.52 Å². The van der Waals surface area contributed by atoms with E-state index in [2.05, 4.69) is 23.1 Å². The molecule has 0 amide bonds. The SMILES string of the molecule is CCC1CCC(c2noc(C(C)CCC#N)n2)C1. The number of hydrogen-bond acceptors (Lipinski definition) is 4. The standard InChI is InChI=1S/C14H21N3O/c1-3-11-6-7-12(9-11)13-16-14(18-17-13)10(2)5-4-8-15/h10-12H,3-7,9H2,1-2H3. The van der Waals surface area contributed by atoms with Gasteiger partial charge in [0.1, 0.15) is 0 Å². The summed E-state index contributed by atoms with van der Waals surface area (Å²) in [6.45, 7) is 4.29. The summed E-state index contributed by atoms with van der Waals surface area (Å²) in [5.41, 5.74) is 0. The zero-order chi connectivity index (χ0) is 13.0. The normalized spacial score (nSPS) is 24.9. The summed E-state index contributed by atoms with van der Waals surface area (Å²) in [5, 5.41) is 12.7. The molecule has 2 rings (SSSR count). The first-order valence-corrected chi connectivity index (χ1v) is 6.95. The lowest BCUT2D eigenvalue weighted by atomic mass is 10.0. The van der Waals surface area contributed by atoms with Gasteiger partial charge in [-0.25, -0.2) is 0 Å². The Hall–Kier alpha value is -1.37. The molecule has 0 N–H and O–H groups in total. The third-order valence-electron chi connectivity index (χ3n) is 4.05. The van der Waals surface area contributed by atoms with E-state index >= 15 is 0 Å². The summed E-state index contributed by atoms with van der Waals surface area (Å²) in [7, 11) is 0. The lowest BCUT2D eigenvalue weighted by Gasteiger charge is -2.05. The molecule has 3 unspecified atom stereocenters. The van der Waals surface area contributed by atoms with Gasteiger partial charge in [-0.3, -0.25) is 0 Å². The second kappa shape index (κ2) is 5.99. The van der Waals surface area contributed by atoms with Crippen LogP contribution in [0.4, 0.5) is 0 Å². The zero-order valence-electron chi connectivity index (χ0n) is 11.2. The molecule has 3 atom stereocenters. The van der Waals surface area contributed by atoms with Gasteiger partial charge in [0.05, 0.1) is 6.07 Å². The summed E-state index contributed by atoms with van der Waals surface area (Å²) in [4.78, 5) is 4.53. The van der Waals surface area contributed by atoms with Crippen LogP contribution in [0.2, 0.25) is 0 Å². The van der Waals surface area contributed by atoms with E-state index in [1.807, 2.05) is 6.92 Å². The van der Waals surface area contributed by atoms with Crippen LogP contribution in [-0.2, 0) is 0 Å². The lowest BCUT2D eigenvalue weighted by Crippen LogP contribution is -1.99. The van der Waals surface area contributed by atoms with Gasteiger partial charge in [-0.2, -0.15) is 10.2 Å². The summed E-state index contributed by atoms with van der Waals surface area (Å²) in [6, 6.07) is 2.15. The van der Waals surface area contributed by atoms with Crippen LogP contribution in [0.5, 0.6) is 0 Å². The predicted molar refractivity (Wildman–Crippen MR) is 67.9 cm³/mol. The molecular formula is C14H21N3O. The number of nitriles is 1. The first-order chi connectivity index (χ1) is 8.74. The average molecular weight is 247 g/mol. The quantitative estimate of drug-likeness (QED) is 0.794. The maximum absolute atomic E-state index is 8.58. The zero-order valence-corrected chi connectivity index (χ0v) is 11.2. The lowest BCUT2D eigenvalue weighted by molar-refractivity contribution is 0.347. The molecule has 1 heterocycles. The van der Waals surface area contributed by atoms with Crippen molar-refractivity contribution in [3.05, 3.63) is 11.7 Å². The van der Waals surface area contributed by atoms with Crippen LogP contribution < -0.4 is 0 Å². The topological polar surface area (TPSA) is 62.7 Å². The molecule has 0 spiro atoms. The fraction of sp³-hybridized carbons (Fsp3) is 0.786. The minimum atomic E-state index is 0.189. The molecule has 1 fully saturated rings. The molecule has 0 aliphatic heterocycles. The highest BCUT2D eigenvalue weighted by molar-refractivity contribution is 5.01. The predicted octanol–water partition coefficient (Wildman–Crippen LogP) is 3.77. The van der Waals surface area contributed by atoms with Crippen molar-refractivity contribution in [1.82, 2.24) is 10.1 Å². The van der Waals surface area contributed by atoms with Crippen LogP contribution >= 0.6 is 0 Å². The van der Waals surface area contributed by atoms with Crippen molar-refractivity contribution in [2.75, 3.05) is 0 Å². The van der Waals surface area contributed by atoms with Gasteiger partial charge in [0.15, 0.2) is 5.82 Å². The Morgan fingerprint density at radius 1 is 1.50 bits per heavy atom. The van der Waals surface area contributed by atoms with E-state index in [9.17, 15) is 0 Å². The molecule has 0 aromatic carbocycles. The fourth-order valence-corrected chi connectivity index (χ4v) is 2.70. The molecule has 98 valence electrons. The Balaban J connectivity index is 1.96. The molecule has 0 bridgehead atoms. The number of nitrogens with zero attached hydrogens (tertiary/aromatic N) is 3. The van der Waals surface area contributed by atoms with Crippen molar-refractivity contribution < 1.29 is 4.52 Å². The number of hydrogen-bond donors (Lipinski definition) is 0. The minimum Gasteiger partial charge on any atom is -0.339 e. The van der Waals surface area contributed by atoms with Gasteiger partial charge in [-0.05, 0) is 31.6 Å². The van der Waals surface area contributed by atoms with E-state index in [1.54, 1.807) is 0 Å². The summed E-state index contributed by atoms with van der Waals surface area (Å²) in [5.74, 6) is 3.07. The molecule has 1 aliphatic carbocycles. The van der Waals surface area contributed by atoms with Crippen molar-refractivity contribution in [2.45, 2.75) is 64.2 Å². The first kappa shape index (κ1) is 13.1. The van der Waals surface area contributed by atoms with Crippen molar-refractivity contribution in [3.8, 4) is 6.07 Å². The monoisotopic (exact) mass is 247 g/mol. The van der Waals surface area contributed by atoms with Gasteiger partial charge in [0, 0.05) is 18.3 Å². The Morgan fingerprint density at radius 3 is 3.00 bits per heavy atom. The summed E-state index contributed by atoms with van der Waals surface area (Å²) >= 11 is 0. The Labute approximate surface area is 108 Å². The Bertz CT molecular complexity index is 421. The van der Waals surface area contributed by atoms with Gasteiger partial charge in [0.25, 0.3) is 0 Å². The maximum Gasteiger partial charge on any atom is 0.229 e. The molecule has 1 aliphatic rings. The molecular weight excluding hydrogens is 226 g/mol. The molecule has 0 saturated heterocycles. The number of aromatic nitrogens is 2. The van der Waals surface area contributed by atoms with Crippen molar-refractivity contribution in [3.63, 3.8) is 0 Å². The average Bonchev–Trinajstić information content (AvgIpc) is 3.03. The van der Waals surface area contributed by atoms with Crippen molar-refractivity contribution >= 4 is 0 Å². The second-order valence-electron chi connectivity index (χ2n) is 5.37. The molecule has 4 nitrogen and oxygen atoms in total. The Kier molecular flexibility index (Phi) is 4.35. The number of rotatable bonds is 5. The van der Waals surface area contributed by atoms with Crippen LogP contribution in [0.3, 0.4) is 0 Å². The van der Waals surface area contributed by atoms with E-state index < -0.39 is 0 Å². The van der Waals surface area contributed by atoms with Gasteiger partial charge in [0.2, 0.25) is 5.89 Å². The third-order valence-corrected chi connectivity index (χ3v) is 4.05. The molecule has 4 heteroatoms. The smallest absolute Gasteiger partial charge is 0.229 e. The van der Waals surface area contributed by atoms with E-state index in [4.69, 9.17) is 9.78 Å². The molecule has 1 aromatic heterocycles. The Morgan fingerprint density at radius 2 is 2.33 bits per heavy atom. The fourth-order valence-electron chi connectivity index (χ4n) is 2.70. The molecule has 1 aromatic rings. The van der Waals surface area contributed by atoms with Gasteiger partial charge in [-0.1, -0.05) is 25.4 Å². The molecule has 18 heavy (non-hydrogen) atoms. The van der Waals surface area contributed by atoms with E-state index in [0.717, 1.165) is 18.2 Å². The van der Waals surface area contributed by atoms with E-state index in [0.29, 0.717) is 18.2 Å². The van der Waals surface area contributed by atoms with Crippen molar-refractivity contribution in [2.24, 2.45) is 5.92 Å². The molecule has 1 saturated carbocycles. The summed E-state index contributed by atoms with van der Waals surface area (Å²) < 4.78 is 5.33. The highest BCUT2D eigenvalue weighted by Crippen LogP contribution is 2.38. The van der Waals surface area contributed by atoms with Crippen LogP contribution in [0.25, 0.3) is 0 Å². The molecule has 0 radical (unpaired) electrons. The van der Waals surface area contributed by atoms with Gasteiger partial charge in [-0.15, -0.1) is 0 Å². The highest BCUT2D eigenvalue weighted by Gasteiger charge is 2.28. The van der Waals surface area contributed by atoms with Crippen LogP contribution in [0.1, 0.15) is 75.9 Å². The first-order valence-electron chi connectivity index (χ1n) is 6.95. The van der Waals surface area contributed by atoms with Crippen LogP contribution in [-0.4, -0.2) is 10.1 Å². The second-order valence-corrected chi connectivity index (χ2v) is 5.37. The van der Waals surface area contributed by atoms with Gasteiger partial charge < -0.3 is 4.52 Å². The minimum absolute atomic E-state index is 0.189. The van der Waals surface area contributed by atoms with E-state index in [-0.39, 0.29) is 5.92 Å². The highest BCUT2D eigenvalue weighted by atomic mass is 16.5.